The van der Waals surface area contributed by atoms with Gasteiger partial charge in [-0.05, 0) is 71.3 Å². The van der Waals surface area contributed by atoms with Gasteiger partial charge in [0.25, 0.3) is 0 Å². The molecule has 0 aliphatic heterocycles. The fourth-order valence-corrected chi connectivity index (χ4v) is 4.71. The molecule has 0 atom stereocenters. The number of hydrogen-bond acceptors (Lipinski definition) is 2. The van der Waals surface area contributed by atoms with Crippen molar-refractivity contribution in [1.29, 1.82) is 0 Å². The Kier molecular flexibility index (Phi) is 5.33. The molecular weight excluding hydrogens is 412 g/mol. The summed E-state index contributed by atoms with van der Waals surface area (Å²) in [6.45, 7) is 0. The van der Waals surface area contributed by atoms with Crippen LogP contribution in [0.4, 0.5) is 22.7 Å². The largest absolute Gasteiger partial charge is 0.355 e. The van der Waals surface area contributed by atoms with E-state index in [1.807, 2.05) is 0 Å². The smallest absolute Gasteiger partial charge is 0.0463 e. The predicted octanol–water partition coefficient (Wildman–Crippen LogP) is 8.95. The third-order valence-corrected chi connectivity index (χ3v) is 6.51. The zero-order valence-electron chi connectivity index (χ0n) is 19.0. The first-order valence-corrected chi connectivity index (χ1v) is 11.8. The number of aryl methyl sites for hydroxylation is 1. The topological polar surface area (TPSA) is 24.1 Å². The van der Waals surface area contributed by atoms with Gasteiger partial charge in [-0.25, -0.2) is 0 Å². The van der Waals surface area contributed by atoms with Crippen LogP contribution in [0.1, 0.15) is 17.5 Å². The van der Waals surface area contributed by atoms with Crippen LogP contribution in [0, 0.1) is 0 Å². The van der Waals surface area contributed by atoms with E-state index < -0.39 is 0 Å². The Morgan fingerprint density at radius 2 is 1.15 bits per heavy atom. The summed E-state index contributed by atoms with van der Waals surface area (Å²) in [6.07, 6.45) is 6.74. The summed E-state index contributed by atoms with van der Waals surface area (Å²) in [5.74, 6) is 0. The van der Waals surface area contributed by atoms with Crippen LogP contribution in [0.2, 0.25) is 0 Å². The number of benzene rings is 5. The van der Waals surface area contributed by atoms with E-state index >= 15 is 0 Å². The lowest BCUT2D eigenvalue weighted by Crippen LogP contribution is -1.99. The first-order valence-electron chi connectivity index (χ1n) is 11.8. The Morgan fingerprint density at radius 1 is 0.529 bits per heavy atom. The summed E-state index contributed by atoms with van der Waals surface area (Å²) in [5.41, 5.74) is 9.62. The van der Waals surface area contributed by atoms with E-state index in [4.69, 9.17) is 0 Å². The Morgan fingerprint density at radius 3 is 1.91 bits per heavy atom. The molecule has 0 saturated carbocycles. The number of hydrogen-bond donors (Lipinski definition) is 2. The maximum absolute atomic E-state index is 3.60. The van der Waals surface area contributed by atoms with E-state index in [1.54, 1.807) is 0 Å². The standard InChI is InChI=1S/C32H26N2/c1-3-11-29-25(7-1)9-5-13-31(29)33-27-19-15-23(16-20-27)24-17-21-28(22-18-24)34-32-14-6-10-26-8-2-4-12-30(26)32/h1,3-7,9-22,33-34H,2,8H2. The first-order chi connectivity index (χ1) is 16.8. The van der Waals surface area contributed by atoms with E-state index in [2.05, 4.69) is 132 Å². The summed E-state index contributed by atoms with van der Waals surface area (Å²) in [7, 11) is 0. The van der Waals surface area contributed by atoms with Crippen molar-refractivity contribution in [2.24, 2.45) is 0 Å². The van der Waals surface area contributed by atoms with E-state index in [0.29, 0.717) is 0 Å². The van der Waals surface area contributed by atoms with Crippen LogP contribution in [-0.2, 0) is 6.42 Å². The molecule has 0 heterocycles. The van der Waals surface area contributed by atoms with Crippen molar-refractivity contribution in [3.63, 3.8) is 0 Å². The third-order valence-electron chi connectivity index (χ3n) is 6.51. The molecule has 34 heavy (non-hydrogen) atoms. The predicted molar refractivity (Wildman–Crippen MR) is 146 cm³/mol. The van der Waals surface area contributed by atoms with E-state index in [1.165, 1.54) is 38.7 Å². The molecular formula is C32H26N2. The maximum Gasteiger partial charge on any atom is 0.0463 e. The molecule has 2 heteroatoms. The van der Waals surface area contributed by atoms with E-state index in [-0.39, 0.29) is 0 Å². The van der Waals surface area contributed by atoms with Crippen LogP contribution in [0.25, 0.3) is 28.0 Å². The SMILES string of the molecule is C1=Cc2c(cccc2Nc2ccc(-c3ccc(Nc4cccc5ccccc45)cc3)cc2)CC1. The van der Waals surface area contributed by atoms with Crippen molar-refractivity contribution < 1.29 is 0 Å². The van der Waals surface area contributed by atoms with Gasteiger partial charge in [-0.1, -0.05) is 84.9 Å². The summed E-state index contributed by atoms with van der Waals surface area (Å²) < 4.78 is 0. The molecule has 0 saturated heterocycles. The van der Waals surface area contributed by atoms with Crippen LogP contribution in [0.15, 0.2) is 115 Å². The molecule has 0 bridgehead atoms. The second kappa shape index (κ2) is 8.92. The quantitative estimate of drug-likeness (QED) is 0.286. The highest BCUT2D eigenvalue weighted by Crippen LogP contribution is 2.31. The molecule has 0 radical (unpaired) electrons. The number of fused-ring (bicyclic) bond motifs is 2. The average Bonchev–Trinajstić information content (AvgIpc) is 2.90. The lowest BCUT2D eigenvalue weighted by Gasteiger charge is -2.16. The molecule has 0 spiro atoms. The van der Waals surface area contributed by atoms with Crippen LogP contribution in [0.3, 0.4) is 0 Å². The molecule has 1 aliphatic rings. The molecule has 164 valence electrons. The van der Waals surface area contributed by atoms with Gasteiger partial charge in [0.15, 0.2) is 0 Å². The number of nitrogens with one attached hydrogen (secondary N) is 2. The molecule has 0 fully saturated rings. The first kappa shape index (κ1) is 20.3. The van der Waals surface area contributed by atoms with Crippen LogP contribution in [-0.4, -0.2) is 0 Å². The van der Waals surface area contributed by atoms with Crippen molar-refractivity contribution in [1.82, 2.24) is 0 Å². The molecule has 6 rings (SSSR count). The van der Waals surface area contributed by atoms with Gasteiger partial charge in [0.1, 0.15) is 0 Å². The summed E-state index contributed by atoms with van der Waals surface area (Å²) in [6, 6.07) is 38.7. The highest BCUT2D eigenvalue weighted by atomic mass is 14.9. The number of allylic oxidation sites excluding steroid dienone is 1. The van der Waals surface area contributed by atoms with Gasteiger partial charge in [0.2, 0.25) is 0 Å². The van der Waals surface area contributed by atoms with Gasteiger partial charge in [-0.15, -0.1) is 0 Å². The minimum atomic E-state index is 1.08. The van der Waals surface area contributed by atoms with Gasteiger partial charge in [-0.2, -0.15) is 0 Å². The fraction of sp³-hybridized carbons (Fsp3) is 0.0625. The fourth-order valence-electron chi connectivity index (χ4n) is 4.71. The minimum Gasteiger partial charge on any atom is -0.355 e. The molecule has 1 aliphatic carbocycles. The molecule has 5 aromatic carbocycles. The van der Waals surface area contributed by atoms with Crippen molar-refractivity contribution in [2.75, 3.05) is 10.6 Å². The van der Waals surface area contributed by atoms with E-state index in [0.717, 1.165) is 29.9 Å². The Bertz CT molecular complexity index is 1470. The summed E-state index contributed by atoms with van der Waals surface area (Å²) >= 11 is 0. The zero-order valence-corrected chi connectivity index (χ0v) is 19.0. The van der Waals surface area contributed by atoms with Gasteiger partial charge in [0, 0.05) is 33.7 Å². The Hall–Kier alpha value is -4.30. The van der Waals surface area contributed by atoms with Crippen molar-refractivity contribution in [3.8, 4) is 11.1 Å². The molecule has 5 aromatic rings. The van der Waals surface area contributed by atoms with Crippen LogP contribution >= 0.6 is 0 Å². The average molecular weight is 439 g/mol. The Labute approximate surface area is 200 Å². The maximum atomic E-state index is 3.60. The van der Waals surface area contributed by atoms with Gasteiger partial charge in [-0.3, -0.25) is 0 Å². The highest BCUT2D eigenvalue weighted by molar-refractivity contribution is 5.95. The molecule has 0 unspecified atom stereocenters. The van der Waals surface area contributed by atoms with Gasteiger partial charge >= 0.3 is 0 Å². The number of anilines is 4. The summed E-state index contributed by atoms with van der Waals surface area (Å²) in [5, 5.41) is 9.64. The monoisotopic (exact) mass is 438 g/mol. The Balaban J connectivity index is 1.19. The third kappa shape index (κ3) is 4.06. The molecule has 2 N–H and O–H groups in total. The summed E-state index contributed by atoms with van der Waals surface area (Å²) in [4.78, 5) is 0. The second-order valence-electron chi connectivity index (χ2n) is 8.75. The molecule has 2 nitrogen and oxygen atoms in total. The van der Waals surface area contributed by atoms with Crippen LogP contribution < -0.4 is 10.6 Å². The normalized spacial score (nSPS) is 12.4. The lowest BCUT2D eigenvalue weighted by atomic mass is 9.96. The van der Waals surface area contributed by atoms with Crippen molar-refractivity contribution in [2.45, 2.75) is 12.8 Å². The number of rotatable bonds is 5. The van der Waals surface area contributed by atoms with Gasteiger partial charge < -0.3 is 10.6 Å². The van der Waals surface area contributed by atoms with Crippen molar-refractivity contribution >= 4 is 39.6 Å². The van der Waals surface area contributed by atoms with Crippen LogP contribution in [0.5, 0.6) is 0 Å². The zero-order chi connectivity index (χ0) is 22.7. The van der Waals surface area contributed by atoms with Gasteiger partial charge in [0.05, 0.1) is 0 Å². The molecule has 0 aromatic heterocycles. The highest BCUT2D eigenvalue weighted by Gasteiger charge is 2.09. The van der Waals surface area contributed by atoms with Crippen molar-refractivity contribution in [3.05, 3.63) is 126 Å². The molecule has 0 amide bonds. The van der Waals surface area contributed by atoms with E-state index in [9.17, 15) is 0 Å². The second-order valence-corrected chi connectivity index (χ2v) is 8.75. The minimum absolute atomic E-state index is 1.08. The lowest BCUT2D eigenvalue weighted by molar-refractivity contribution is 0.986.